The van der Waals surface area contributed by atoms with Gasteiger partial charge in [-0.1, -0.05) is 42.3 Å². The van der Waals surface area contributed by atoms with Gasteiger partial charge in [-0.05, 0) is 69.4 Å². The molecule has 33 heavy (non-hydrogen) atoms. The van der Waals surface area contributed by atoms with Gasteiger partial charge in [-0.2, -0.15) is 0 Å². The number of hydrogen-bond donors (Lipinski definition) is 2. The van der Waals surface area contributed by atoms with Crippen LogP contribution in [0.1, 0.15) is 62.7 Å². The van der Waals surface area contributed by atoms with Crippen LogP contribution in [0.2, 0.25) is 4.34 Å². The van der Waals surface area contributed by atoms with Crippen molar-refractivity contribution in [3.05, 3.63) is 45.7 Å². The molecule has 0 radical (unpaired) electrons. The Morgan fingerprint density at radius 1 is 1.33 bits per heavy atom. The van der Waals surface area contributed by atoms with Crippen molar-refractivity contribution in [2.24, 2.45) is 17.3 Å². The number of unbranched alkanes of at least 4 members (excludes halogenated alkanes) is 1. The molecule has 7 heteroatoms. The average Bonchev–Trinajstić information content (AvgIpc) is 3.28. The van der Waals surface area contributed by atoms with E-state index in [2.05, 4.69) is 29.0 Å². The van der Waals surface area contributed by atoms with Crippen LogP contribution in [0.15, 0.2) is 36.4 Å². The molecule has 2 aliphatic rings. The van der Waals surface area contributed by atoms with Gasteiger partial charge in [-0.15, -0.1) is 22.9 Å². The molecule has 0 bridgehead atoms. The predicted molar refractivity (Wildman–Crippen MR) is 136 cm³/mol. The zero-order valence-electron chi connectivity index (χ0n) is 19.3. The highest BCUT2D eigenvalue weighted by Gasteiger charge is 2.43. The molecule has 4 nitrogen and oxygen atoms in total. The largest absolute Gasteiger partial charge is 0.469 e. The lowest BCUT2D eigenvalue weighted by molar-refractivity contribution is -0.140. The first-order chi connectivity index (χ1) is 15.8. The third kappa shape index (κ3) is 7.32. The zero-order chi connectivity index (χ0) is 23.8. The number of methoxy groups -OCH3 is 1. The maximum absolute atomic E-state index is 11.2. The molecule has 0 aliphatic heterocycles. The molecule has 1 heterocycles. The number of halogens is 2. The van der Waals surface area contributed by atoms with Crippen LogP contribution >= 0.6 is 34.5 Å². The molecule has 2 fully saturated rings. The minimum Gasteiger partial charge on any atom is -0.469 e. The molecule has 0 aromatic carbocycles. The topological polar surface area (TPSA) is 66.8 Å². The summed E-state index contributed by atoms with van der Waals surface area (Å²) in [5, 5.41) is 21.5. The Labute approximate surface area is 211 Å². The number of ether oxygens (including phenoxy) is 1. The maximum Gasteiger partial charge on any atom is 0.305 e. The van der Waals surface area contributed by atoms with E-state index in [1.54, 1.807) is 11.3 Å². The standard InChI is InChI=1S/C26H36Cl2O4S/c1-32-25(31)11-5-3-2-4-8-19-20(22(29)16-21(19)27)9-6-10-23(30)26(14-7-15-26)17-18-12-13-24(28)33-18/h2,4,6,9,12-13,19-23,29-30H,3,5,7-8,10-11,14-17H2,1H3/t19-,20-,21-,22-,23?/m1/s1. The third-order valence-corrected chi connectivity index (χ3v) is 9.09. The Hall–Kier alpha value is -0.850. The summed E-state index contributed by atoms with van der Waals surface area (Å²) in [5.74, 6) is -0.0240. The fourth-order valence-electron chi connectivity index (χ4n) is 5.17. The predicted octanol–water partition coefficient (Wildman–Crippen LogP) is 6.32. The van der Waals surface area contributed by atoms with Crippen LogP contribution in [-0.4, -0.2) is 40.9 Å². The highest BCUT2D eigenvalue weighted by molar-refractivity contribution is 7.16. The molecule has 2 saturated carbocycles. The quantitative estimate of drug-likeness (QED) is 0.148. The Morgan fingerprint density at radius 3 is 2.76 bits per heavy atom. The lowest BCUT2D eigenvalue weighted by atomic mass is 9.62. The van der Waals surface area contributed by atoms with Crippen molar-refractivity contribution in [3.63, 3.8) is 0 Å². The smallest absolute Gasteiger partial charge is 0.305 e. The summed E-state index contributed by atoms with van der Waals surface area (Å²) in [5.41, 5.74) is -0.0613. The normalized spacial score (nSPS) is 27.8. The molecule has 5 atom stereocenters. The highest BCUT2D eigenvalue weighted by atomic mass is 35.5. The fourth-order valence-corrected chi connectivity index (χ4v) is 6.87. The van der Waals surface area contributed by atoms with Crippen molar-refractivity contribution in [2.45, 2.75) is 81.8 Å². The zero-order valence-corrected chi connectivity index (χ0v) is 21.6. The number of aliphatic hydroxyl groups excluding tert-OH is 2. The van der Waals surface area contributed by atoms with E-state index < -0.39 is 12.2 Å². The molecule has 2 aliphatic carbocycles. The van der Waals surface area contributed by atoms with Crippen molar-refractivity contribution in [3.8, 4) is 0 Å². The van der Waals surface area contributed by atoms with E-state index in [0.29, 0.717) is 19.3 Å². The minimum absolute atomic E-state index is 0.00661. The van der Waals surface area contributed by atoms with Gasteiger partial charge in [0, 0.05) is 28.0 Å². The molecule has 3 rings (SSSR count). The summed E-state index contributed by atoms with van der Waals surface area (Å²) in [7, 11) is 1.41. The number of rotatable bonds is 12. The summed E-state index contributed by atoms with van der Waals surface area (Å²) in [6.07, 6.45) is 15.5. The molecule has 184 valence electrons. The van der Waals surface area contributed by atoms with Crippen molar-refractivity contribution < 1.29 is 19.7 Å². The van der Waals surface area contributed by atoms with Crippen LogP contribution in [0.5, 0.6) is 0 Å². The number of carbonyl (C=O) groups excluding carboxylic acids is 1. The molecule has 1 aromatic heterocycles. The summed E-state index contributed by atoms with van der Waals surface area (Å²) in [6, 6.07) is 4.00. The Kier molecular flexibility index (Phi) is 10.3. The van der Waals surface area contributed by atoms with Crippen LogP contribution in [-0.2, 0) is 16.0 Å². The van der Waals surface area contributed by atoms with E-state index in [1.165, 1.54) is 12.0 Å². The summed E-state index contributed by atoms with van der Waals surface area (Å²) < 4.78 is 5.45. The van der Waals surface area contributed by atoms with Gasteiger partial charge in [-0.25, -0.2) is 0 Å². The first kappa shape index (κ1) is 26.7. The maximum atomic E-state index is 11.2. The number of alkyl halides is 1. The second-order valence-corrected chi connectivity index (χ2v) is 11.9. The van der Waals surface area contributed by atoms with Crippen LogP contribution in [0.4, 0.5) is 0 Å². The lowest BCUT2D eigenvalue weighted by Crippen LogP contribution is -2.42. The van der Waals surface area contributed by atoms with Crippen molar-refractivity contribution in [1.82, 2.24) is 0 Å². The number of aliphatic hydroxyl groups is 2. The van der Waals surface area contributed by atoms with E-state index >= 15 is 0 Å². The van der Waals surface area contributed by atoms with Crippen LogP contribution in [0.3, 0.4) is 0 Å². The van der Waals surface area contributed by atoms with E-state index in [9.17, 15) is 15.0 Å². The van der Waals surface area contributed by atoms with Crippen molar-refractivity contribution in [1.29, 1.82) is 0 Å². The Bertz CT molecular complexity index is 817. The fraction of sp³-hybridized carbons (Fsp3) is 0.654. The molecule has 2 N–H and O–H groups in total. The summed E-state index contributed by atoms with van der Waals surface area (Å²) >= 11 is 14.3. The van der Waals surface area contributed by atoms with Crippen LogP contribution in [0, 0.1) is 17.3 Å². The highest BCUT2D eigenvalue weighted by Crippen LogP contribution is 2.49. The van der Waals surface area contributed by atoms with Crippen molar-refractivity contribution >= 4 is 40.5 Å². The molecule has 0 amide bonds. The molecule has 1 unspecified atom stereocenters. The van der Waals surface area contributed by atoms with Gasteiger partial charge in [0.15, 0.2) is 0 Å². The van der Waals surface area contributed by atoms with Gasteiger partial charge in [-0.3, -0.25) is 4.79 Å². The van der Waals surface area contributed by atoms with Gasteiger partial charge in [0.1, 0.15) is 0 Å². The summed E-state index contributed by atoms with van der Waals surface area (Å²) in [4.78, 5) is 12.4. The summed E-state index contributed by atoms with van der Waals surface area (Å²) in [6.45, 7) is 0. The lowest BCUT2D eigenvalue weighted by Gasteiger charge is -2.45. The minimum atomic E-state index is -0.454. The van der Waals surface area contributed by atoms with Crippen LogP contribution in [0.25, 0.3) is 0 Å². The SMILES string of the molecule is COC(=O)CCCC=CC[C@@H]1[C@@H](C=CCC(O)C2(Cc3ccc(Cl)s3)CCC2)[C@H](O)C[C@H]1Cl. The van der Waals surface area contributed by atoms with Gasteiger partial charge < -0.3 is 14.9 Å². The molecule has 1 aromatic rings. The molecular formula is C26H36Cl2O4S. The first-order valence-corrected chi connectivity index (χ1v) is 13.6. The Balaban J connectivity index is 1.50. The monoisotopic (exact) mass is 514 g/mol. The van der Waals surface area contributed by atoms with E-state index in [-0.39, 0.29) is 28.6 Å². The number of esters is 1. The van der Waals surface area contributed by atoms with Crippen LogP contribution < -0.4 is 0 Å². The van der Waals surface area contributed by atoms with Crippen molar-refractivity contribution in [2.75, 3.05) is 7.11 Å². The number of hydrogen-bond acceptors (Lipinski definition) is 5. The van der Waals surface area contributed by atoms with E-state index in [0.717, 1.165) is 49.3 Å². The second-order valence-electron chi connectivity index (χ2n) is 9.51. The second kappa shape index (κ2) is 12.7. The van der Waals surface area contributed by atoms with E-state index in [1.807, 2.05) is 12.1 Å². The molecule has 0 spiro atoms. The van der Waals surface area contributed by atoms with Gasteiger partial charge in [0.05, 0.1) is 23.7 Å². The molecule has 0 saturated heterocycles. The number of carbonyl (C=O) groups is 1. The van der Waals surface area contributed by atoms with Gasteiger partial charge in [0.2, 0.25) is 0 Å². The average molecular weight is 516 g/mol. The number of allylic oxidation sites excluding steroid dienone is 2. The first-order valence-electron chi connectivity index (χ1n) is 12.0. The third-order valence-electron chi connectivity index (χ3n) is 7.35. The van der Waals surface area contributed by atoms with E-state index in [4.69, 9.17) is 23.2 Å². The van der Waals surface area contributed by atoms with Gasteiger partial charge >= 0.3 is 5.97 Å². The molecular weight excluding hydrogens is 479 g/mol. The van der Waals surface area contributed by atoms with Gasteiger partial charge in [0.25, 0.3) is 0 Å². The Morgan fingerprint density at radius 2 is 2.12 bits per heavy atom. The number of thiophene rings is 1.